The summed E-state index contributed by atoms with van der Waals surface area (Å²) in [5.74, 6) is 0.278. The van der Waals surface area contributed by atoms with Gasteiger partial charge in [-0.05, 0) is 30.7 Å². The monoisotopic (exact) mass is 655 g/mol. The third-order valence-electron chi connectivity index (χ3n) is 7.27. The fraction of sp³-hybridized carbons (Fsp3) is 0.583. The predicted molar refractivity (Wildman–Crippen MR) is 180 cm³/mol. The van der Waals surface area contributed by atoms with Crippen LogP contribution in [0.3, 0.4) is 0 Å². The number of hydrogen-bond acceptors (Lipinski definition) is 10. The molecule has 11 heteroatoms. The summed E-state index contributed by atoms with van der Waals surface area (Å²) < 4.78 is 16.9. The average molecular weight is 656 g/mol. The molecular weight excluding hydrogens is 602 g/mol. The number of ketones is 4. The van der Waals surface area contributed by atoms with Crippen molar-refractivity contribution in [3.8, 4) is 11.4 Å². The molecule has 2 aromatic rings. The lowest BCUT2D eigenvalue weighted by Gasteiger charge is -2.32. The molecule has 2 heterocycles. The highest BCUT2D eigenvalue weighted by atomic mass is 16.5. The standard InChI is InChI=1S/C22H39NO7.C14H14N2O/c1-6-19(25)7-10-28-13-22(23-16-24,14-29-11-8-20(26)17(2)3)15-30-12-9-21(27)18(4)5;1-3-14(17)11-5-7-13(16-9-11)12-6-4-10(2)8-15-12/h16-18H,6-15H2,1-5H3,(H,23,24);4-9H,3H2,1-2H3. The molecule has 2 rings (SSSR count). The van der Waals surface area contributed by atoms with Crippen LogP contribution in [0.1, 0.15) is 89.6 Å². The number of carbonyl (C=O) groups is 5. The molecule has 0 saturated heterocycles. The number of aromatic nitrogens is 2. The van der Waals surface area contributed by atoms with Gasteiger partial charge in [0.15, 0.2) is 5.78 Å². The molecule has 0 aliphatic heterocycles. The van der Waals surface area contributed by atoms with Gasteiger partial charge in [-0.1, -0.05) is 47.6 Å². The second-order valence-corrected chi connectivity index (χ2v) is 12.0. The third kappa shape index (κ3) is 16.6. The van der Waals surface area contributed by atoms with Gasteiger partial charge in [-0.3, -0.25) is 33.9 Å². The molecule has 0 atom stereocenters. The lowest BCUT2D eigenvalue weighted by Crippen LogP contribution is -2.56. The van der Waals surface area contributed by atoms with Gasteiger partial charge in [0, 0.05) is 61.9 Å². The normalized spacial score (nSPS) is 11.2. The Hall–Kier alpha value is -3.67. The largest absolute Gasteiger partial charge is 0.378 e. The minimum Gasteiger partial charge on any atom is -0.378 e. The van der Waals surface area contributed by atoms with E-state index in [1.165, 1.54) is 0 Å². The lowest BCUT2D eigenvalue weighted by molar-refractivity contribution is -0.125. The Labute approximate surface area is 279 Å². The van der Waals surface area contributed by atoms with Crippen molar-refractivity contribution in [2.24, 2.45) is 11.8 Å². The van der Waals surface area contributed by atoms with Gasteiger partial charge in [0.1, 0.15) is 22.9 Å². The van der Waals surface area contributed by atoms with Crippen LogP contribution < -0.4 is 5.32 Å². The molecule has 0 unspecified atom stereocenters. The quantitative estimate of drug-likeness (QED) is 0.0965. The summed E-state index contributed by atoms with van der Waals surface area (Å²) in [6, 6.07) is 7.56. The Kier molecular flexibility index (Phi) is 20.0. The highest BCUT2D eigenvalue weighted by Gasteiger charge is 2.31. The molecule has 0 radical (unpaired) electrons. The van der Waals surface area contributed by atoms with Gasteiger partial charge >= 0.3 is 0 Å². The Morgan fingerprint density at radius 2 is 1.23 bits per heavy atom. The molecule has 2 aromatic heterocycles. The number of carbonyl (C=O) groups excluding carboxylic acids is 5. The first-order chi connectivity index (χ1) is 22.4. The molecule has 260 valence electrons. The van der Waals surface area contributed by atoms with E-state index in [1.54, 1.807) is 19.2 Å². The fourth-order valence-corrected chi connectivity index (χ4v) is 4.00. The van der Waals surface area contributed by atoms with E-state index in [0.717, 1.165) is 17.0 Å². The van der Waals surface area contributed by atoms with Crippen LogP contribution >= 0.6 is 0 Å². The number of rotatable bonds is 23. The molecule has 0 aliphatic carbocycles. The van der Waals surface area contributed by atoms with Crippen LogP contribution in [0.15, 0.2) is 36.7 Å². The van der Waals surface area contributed by atoms with E-state index < -0.39 is 5.54 Å². The van der Waals surface area contributed by atoms with E-state index in [-0.39, 0.29) is 87.5 Å². The summed E-state index contributed by atoms with van der Waals surface area (Å²) in [7, 11) is 0. The molecule has 11 nitrogen and oxygen atoms in total. The van der Waals surface area contributed by atoms with Gasteiger partial charge in [0.25, 0.3) is 0 Å². The van der Waals surface area contributed by atoms with Crippen molar-refractivity contribution < 1.29 is 38.2 Å². The van der Waals surface area contributed by atoms with Crippen molar-refractivity contribution in [1.82, 2.24) is 15.3 Å². The van der Waals surface area contributed by atoms with Crippen LogP contribution in [0, 0.1) is 18.8 Å². The highest BCUT2D eigenvalue weighted by molar-refractivity contribution is 5.95. The zero-order chi connectivity index (χ0) is 35.2. The minimum absolute atomic E-state index is 0.0623. The number of amides is 1. The Morgan fingerprint density at radius 1 is 0.745 bits per heavy atom. The molecule has 0 aromatic carbocycles. The molecule has 47 heavy (non-hydrogen) atoms. The number of nitrogens with one attached hydrogen (secondary N) is 1. The minimum atomic E-state index is -0.973. The molecule has 1 amide bonds. The summed E-state index contributed by atoms with van der Waals surface area (Å²) in [4.78, 5) is 66.2. The second-order valence-electron chi connectivity index (χ2n) is 12.0. The zero-order valence-electron chi connectivity index (χ0n) is 29.1. The molecular formula is C36H53N3O8. The maximum Gasteiger partial charge on any atom is 0.207 e. The van der Waals surface area contributed by atoms with E-state index in [4.69, 9.17) is 14.2 Å². The first-order valence-corrected chi connectivity index (χ1v) is 16.3. The average Bonchev–Trinajstić information content (AvgIpc) is 3.07. The number of aryl methyl sites for hydroxylation is 1. The lowest BCUT2D eigenvalue weighted by atomic mass is 10.0. The molecule has 0 spiro atoms. The van der Waals surface area contributed by atoms with E-state index in [2.05, 4.69) is 15.3 Å². The van der Waals surface area contributed by atoms with Crippen molar-refractivity contribution in [3.63, 3.8) is 0 Å². The molecule has 0 saturated carbocycles. The SMILES string of the molecule is CCC(=O)CCOCC(COCCC(=O)C(C)C)(COCCC(=O)C(C)C)NC=O.CCC(=O)c1ccc(-c2ccc(C)cn2)nc1. The van der Waals surface area contributed by atoms with E-state index in [0.29, 0.717) is 31.2 Å². The Balaban J connectivity index is 0.000000542. The van der Waals surface area contributed by atoms with E-state index in [1.807, 2.05) is 65.9 Å². The topological polar surface area (TPSA) is 151 Å². The van der Waals surface area contributed by atoms with Gasteiger partial charge in [0.2, 0.25) is 6.41 Å². The number of pyridine rings is 2. The van der Waals surface area contributed by atoms with Crippen LogP contribution in [-0.4, -0.2) is 84.7 Å². The van der Waals surface area contributed by atoms with Crippen LogP contribution in [-0.2, 0) is 33.4 Å². The van der Waals surface area contributed by atoms with E-state index >= 15 is 0 Å². The number of ether oxygens (including phenoxy) is 3. The molecule has 0 aliphatic rings. The van der Waals surface area contributed by atoms with Crippen LogP contribution in [0.4, 0.5) is 0 Å². The molecule has 1 N–H and O–H groups in total. The van der Waals surface area contributed by atoms with Crippen molar-refractivity contribution in [2.75, 3.05) is 39.6 Å². The summed E-state index contributed by atoms with van der Waals surface area (Å²) in [5, 5.41) is 2.71. The van der Waals surface area contributed by atoms with Gasteiger partial charge in [0.05, 0.1) is 51.0 Å². The van der Waals surface area contributed by atoms with Gasteiger partial charge < -0.3 is 19.5 Å². The maximum absolute atomic E-state index is 11.8. The number of nitrogens with zero attached hydrogens (tertiary/aromatic N) is 2. The maximum atomic E-state index is 11.8. The van der Waals surface area contributed by atoms with Crippen molar-refractivity contribution in [1.29, 1.82) is 0 Å². The van der Waals surface area contributed by atoms with Crippen molar-refractivity contribution >= 4 is 29.5 Å². The number of hydrogen-bond donors (Lipinski definition) is 1. The van der Waals surface area contributed by atoms with Gasteiger partial charge in [-0.2, -0.15) is 0 Å². The number of Topliss-reactive ketones (excluding diaryl/α,β-unsaturated/α-hetero) is 4. The Morgan fingerprint density at radius 3 is 1.62 bits per heavy atom. The predicted octanol–water partition coefficient (Wildman–Crippen LogP) is 5.17. The van der Waals surface area contributed by atoms with Crippen LogP contribution in [0.25, 0.3) is 11.4 Å². The third-order valence-corrected chi connectivity index (χ3v) is 7.27. The summed E-state index contributed by atoms with van der Waals surface area (Å²) >= 11 is 0. The molecule has 0 fully saturated rings. The smallest absolute Gasteiger partial charge is 0.207 e. The van der Waals surface area contributed by atoms with Crippen LogP contribution in [0.2, 0.25) is 0 Å². The van der Waals surface area contributed by atoms with Crippen LogP contribution in [0.5, 0.6) is 0 Å². The summed E-state index contributed by atoms with van der Waals surface area (Å²) in [6.45, 7) is 13.9. The van der Waals surface area contributed by atoms with Gasteiger partial charge in [-0.15, -0.1) is 0 Å². The van der Waals surface area contributed by atoms with Gasteiger partial charge in [-0.25, -0.2) is 0 Å². The second kappa shape index (κ2) is 22.8. The van der Waals surface area contributed by atoms with E-state index in [9.17, 15) is 24.0 Å². The highest BCUT2D eigenvalue weighted by Crippen LogP contribution is 2.15. The first kappa shape index (κ1) is 41.4. The zero-order valence-corrected chi connectivity index (χ0v) is 29.1. The summed E-state index contributed by atoms with van der Waals surface area (Å²) in [5.41, 5.74) is 2.41. The first-order valence-electron chi connectivity index (χ1n) is 16.3. The van der Waals surface area contributed by atoms with Crippen molar-refractivity contribution in [2.45, 2.75) is 86.1 Å². The summed E-state index contributed by atoms with van der Waals surface area (Å²) in [6.07, 6.45) is 5.78. The molecule has 0 bridgehead atoms. The Bertz CT molecular complexity index is 1220. The van der Waals surface area contributed by atoms with Crippen molar-refractivity contribution in [3.05, 3.63) is 47.8 Å². The fourth-order valence-electron chi connectivity index (χ4n) is 4.00.